The van der Waals surface area contributed by atoms with Crippen molar-refractivity contribution >= 4 is 29.8 Å². The molecule has 0 saturated heterocycles. The molecular formula is C2HClF2OS. The lowest BCUT2D eigenvalue weighted by molar-refractivity contribution is -0.127. The minimum absolute atomic E-state index is 0.526. The van der Waals surface area contributed by atoms with Crippen LogP contribution >= 0.6 is 23.7 Å². The molecule has 0 aromatic heterocycles. The number of hydrogen-bond acceptors (Lipinski definition) is 2. The monoisotopic (exact) mass is 146 g/mol. The van der Waals surface area contributed by atoms with E-state index in [0.29, 0.717) is 0 Å². The van der Waals surface area contributed by atoms with Crippen LogP contribution in [-0.4, -0.2) is 10.7 Å². The summed E-state index contributed by atoms with van der Waals surface area (Å²) in [6.45, 7) is 0. The molecule has 0 fully saturated rings. The van der Waals surface area contributed by atoms with E-state index in [4.69, 9.17) is 0 Å². The van der Waals surface area contributed by atoms with Crippen molar-refractivity contribution in [1.29, 1.82) is 0 Å². The first-order valence-electron chi connectivity index (χ1n) is 1.29. The van der Waals surface area contributed by atoms with Crippen LogP contribution in [0.25, 0.3) is 0 Å². The molecule has 1 nitrogen and oxygen atoms in total. The molecule has 42 valence electrons. The number of hydrogen-bond donors (Lipinski definition) is 0. The molecule has 0 N–H and O–H groups in total. The lowest BCUT2D eigenvalue weighted by Gasteiger charge is -1.87. The maximum atomic E-state index is 11.1. The topological polar surface area (TPSA) is 17.1 Å². The van der Waals surface area contributed by atoms with Gasteiger partial charge in [0.2, 0.25) is 0 Å². The van der Waals surface area contributed by atoms with Crippen molar-refractivity contribution in [3.05, 3.63) is 0 Å². The summed E-state index contributed by atoms with van der Waals surface area (Å²) < 4.78 is 20.3. The third-order valence-electron chi connectivity index (χ3n) is 0.257. The summed E-state index contributed by atoms with van der Waals surface area (Å²) in [7, 11) is 0. The van der Waals surface area contributed by atoms with Gasteiger partial charge in [0.05, 0.1) is 12.1 Å². The predicted octanol–water partition coefficient (Wildman–Crippen LogP) is 1.67. The molecule has 0 amide bonds. The Bertz CT molecular complexity index is 78.1. The standard InChI is InChI=1S/C2HClF2OS/c3-1(7-5)2(4)6/h1H. The summed E-state index contributed by atoms with van der Waals surface area (Å²) in [5.41, 5.74) is 0. The lowest BCUT2D eigenvalue weighted by atomic mass is 10.9. The molecule has 0 bridgehead atoms. The Morgan fingerprint density at radius 2 is 2.29 bits per heavy atom. The van der Waals surface area contributed by atoms with Crippen LogP contribution < -0.4 is 0 Å². The van der Waals surface area contributed by atoms with Gasteiger partial charge in [-0.1, -0.05) is 11.6 Å². The Morgan fingerprint density at radius 1 is 1.86 bits per heavy atom. The van der Waals surface area contributed by atoms with Crippen LogP contribution in [0.2, 0.25) is 0 Å². The van der Waals surface area contributed by atoms with E-state index in [9.17, 15) is 13.1 Å². The van der Waals surface area contributed by atoms with Crippen molar-refractivity contribution in [1.82, 2.24) is 0 Å². The van der Waals surface area contributed by atoms with Crippen LogP contribution in [0.15, 0.2) is 0 Å². The Kier molecular flexibility index (Phi) is 3.29. The second kappa shape index (κ2) is 3.21. The minimum Gasteiger partial charge on any atom is -0.258 e. The average molecular weight is 147 g/mol. The molecule has 0 aromatic rings. The first kappa shape index (κ1) is 7.17. The van der Waals surface area contributed by atoms with Gasteiger partial charge in [-0.15, -0.1) is 0 Å². The Morgan fingerprint density at radius 3 is 2.29 bits per heavy atom. The number of carbonyl (C=O) groups excluding carboxylic acids is 1. The van der Waals surface area contributed by atoms with Crippen molar-refractivity contribution < 1.29 is 13.1 Å². The van der Waals surface area contributed by atoms with Crippen LogP contribution in [0.1, 0.15) is 0 Å². The molecule has 0 spiro atoms. The van der Waals surface area contributed by atoms with Crippen LogP contribution in [0.5, 0.6) is 0 Å². The van der Waals surface area contributed by atoms with Crippen LogP contribution in [0.3, 0.4) is 0 Å². The maximum absolute atomic E-state index is 11.1. The van der Waals surface area contributed by atoms with Crippen LogP contribution in [0.4, 0.5) is 8.28 Å². The van der Waals surface area contributed by atoms with E-state index in [1.165, 1.54) is 0 Å². The Balaban J connectivity index is 3.34. The zero-order valence-electron chi connectivity index (χ0n) is 3.03. The molecule has 5 heteroatoms. The van der Waals surface area contributed by atoms with Crippen molar-refractivity contribution in [2.45, 2.75) is 4.71 Å². The van der Waals surface area contributed by atoms with Gasteiger partial charge in [-0.25, -0.2) is 0 Å². The molecule has 0 saturated carbocycles. The molecule has 0 aliphatic carbocycles. The third kappa shape index (κ3) is 2.82. The zero-order valence-corrected chi connectivity index (χ0v) is 4.60. The summed E-state index contributed by atoms with van der Waals surface area (Å²) in [5, 5.41) is 0. The summed E-state index contributed by atoms with van der Waals surface area (Å²) in [6.07, 6.45) is 0. The fraction of sp³-hybridized carbons (Fsp3) is 0.500. The van der Waals surface area contributed by atoms with Gasteiger partial charge in [-0.05, 0) is 0 Å². The smallest absolute Gasteiger partial charge is 0.258 e. The third-order valence-corrected chi connectivity index (χ3v) is 0.972. The van der Waals surface area contributed by atoms with Gasteiger partial charge in [0, 0.05) is 0 Å². The highest BCUT2D eigenvalue weighted by molar-refractivity contribution is 7.96. The zero-order chi connectivity index (χ0) is 5.86. The molecular weight excluding hydrogens is 146 g/mol. The highest BCUT2D eigenvalue weighted by Crippen LogP contribution is 2.16. The first-order chi connectivity index (χ1) is 3.18. The Hall–Kier alpha value is 0.170. The Labute approximate surface area is 48.3 Å². The summed E-state index contributed by atoms with van der Waals surface area (Å²) >= 11 is 4.14. The van der Waals surface area contributed by atoms with E-state index in [1.54, 1.807) is 0 Å². The largest absolute Gasteiger partial charge is 0.331 e. The van der Waals surface area contributed by atoms with Crippen molar-refractivity contribution in [3.8, 4) is 0 Å². The number of halogens is 3. The second-order valence-corrected chi connectivity index (χ2v) is 2.05. The van der Waals surface area contributed by atoms with E-state index in [1.807, 2.05) is 0 Å². The SMILES string of the molecule is O=C(F)C(Cl)SF. The molecule has 0 aliphatic heterocycles. The fourth-order valence-electron chi connectivity index (χ4n) is 0.0350. The second-order valence-electron chi connectivity index (χ2n) is 0.709. The molecule has 1 unspecified atom stereocenters. The van der Waals surface area contributed by atoms with Gasteiger partial charge < -0.3 is 0 Å². The van der Waals surface area contributed by atoms with Gasteiger partial charge in [-0.3, -0.25) is 4.79 Å². The lowest BCUT2D eigenvalue weighted by Crippen LogP contribution is -1.99. The molecule has 0 aromatic carbocycles. The molecule has 0 radical (unpaired) electrons. The molecule has 1 atom stereocenters. The van der Waals surface area contributed by atoms with E-state index in [0.717, 1.165) is 0 Å². The number of carbonyl (C=O) groups is 1. The summed E-state index contributed by atoms with van der Waals surface area (Å²) in [5.74, 6) is 0. The highest BCUT2D eigenvalue weighted by Gasteiger charge is 2.13. The van der Waals surface area contributed by atoms with Gasteiger partial charge in [0.15, 0.2) is 4.71 Å². The van der Waals surface area contributed by atoms with Crippen LogP contribution in [0, 0.1) is 0 Å². The number of alkyl halides is 1. The van der Waals surface area contributed by atoms with Gasteiger partial charge in [0.25, 0.3) is 0 Å². The van der Waals surface area contributed by atoms with E-state index in [2.05, 4.69) is 11.6 Å². The average Bonchev–Trinajstić information content (AvgIpc) is 1.65. The van der Waals surface area contributed by atoms with Crippen molar-refractivity contribution in [3.63, 3.8) is 0 Å². The van der Waals surface area contributed by atoms with Crippen molar-refractivity contribution in [2.24, 2.45) is 0 Å². The normalized spacial score (nSPS) is 13.6. The highest BCUT2D eigenvalue weighted by atomic mass is 35.5. The van der Waals surface area contributed by atoms with Crippen LogP contribution in [-0.2, 0) is 4.79 Å². The quantitative estimate of drug-likeness (QED) is 0.436. The summed E-state index contributed by atoms with van der Waals surface area (Å²) in [6, 6.07) is -1.85. The first-order valence-corrected chi connectivity index (χ1v) is 2.51. The number of rotatable bonds is 2. The van der Waals surface area contributed by atoms with Gasteiger partial charge >= 0.3 is 6.04 Å². The predicted molar refractivity (Wildman–Crippen MR) is 24.5 cm³/mol. The molecule has 0 aliphatic rings. The van der Waals surface area contributed by atoms with E-state index < -0.39 is 22.9 Å². The molecule has 0 rings (SSSR count). The minimum atomic E-state index is -1.85. The summed E-state index contributed by atoms with van der Waals surface area (Å²) in [4.78, 5) is 9.32. The van der Waals surface area contributed by atoms with E-state index >= 15 is 0 Å². The maximum Gasteiger partial charge on any atom is 0.331 e. The molecule has 0 heterocycles. The van der Waals surface area contributed by atoms with Crippen molar-refractivity contribution in [2.75, 3.05) is 0 Å². The fourth-order valence-corrected chi connectivity index (χ4v) is 0.105. The van der Waals surface area contributed by atoms with Gasteiger partial charge in [-0.2, -0.15) is 8.28 Å². The van der Waals surface area contributed by atoms with E-state index in [-0.39, 0.29) is 0 Å². The molecule has 7 heavy (non-hydrogen) atoms. The van der Waals surface area contributed by atoms with Gasteiger partial charge in [0.1, 0.15) is 0 Å².